The van der Waals surface area contributed by atoms with Crippen LogP contribution in [0.3, 0.4) is 0 Å². The molecule has 6 nitrogen and oxygen atoms in total. The van der Waals surface area contributed by atoms with Crippen LogP contribution in [0, 0.1) is 11.6 Å². The molecule has 1 aromatic carbocycles. The van der Waals surface area contributed by atoms with Crippen molar-refractivity contribution < 1.29 is 18.3 Å². The largest absolute Gasteiger partial charge is 0.460 e. The van der Waals surface area contributed by atoms with Gasteiger partial charge in [-0.2, -0.15) is 5.10 Å². The van der Waals surface area contributed by atoms with E-state index in [4.69, 9.17) is 16.3 Å². The number of rotatable bonds is 3. The van der Waals surface area contributed by atoms with Gasteiger partial charge in [0, 0.05) is 6.07 Å². The van der Waals surface area contributed by atoms with Crippen LogP contribution >= 0.6 is 11.6 Å². The third kappa shape index (κ3) is 2.72. The van der Waals surface area contributed by atoms with Crippen molar-refractivity contribution in [2.45, 2.75) is 6.92 Å². The molecule has 23 heavy (non-hydrogen) atoms. The number of nitrogens with zero attached hydrogens (tertiary/aromatic N) is 4. The molecular formula is C14H9ClF2N4O2. The summed E-state index contributed by atoms with van der Waals surface area (Å²) in [7, 11) is 0. The summed E-state index contributed by atoms with van der Waals surface area (Å²) in [6.07, 6.45) is 1.33. The predicted octanol–water partition coefficient (Wildman–Crippen LogP) is 2.92. The Kier molecular flexibility index (Phi) is 3.91. The Morgan fingerprint density at radius 2 is 2.13 bits per heavy atom. The molecule has 0 bridgehead atoms. The summed E-state index contributed by atoms with van der Waals surface area (Å²) < 4.78 is 32.9. The first-order chi connectivity index (χ1) is 11.0. The van der Waals surface area contributed by atoms with Crippen LogP contribution in [0.4, 0.5) is 8.78 Å². The van der Waals surface area contributed by atoms with Gasteiger partial charge in [-0.3, -0.25) is 0 Å². The molecule has 9 heteroatoms. The molecule has 0 atom stereocenters. The lowest BCUT2D eigenvalue weighted by Crippen LogP contribution is -2.11. The molecule has 0 N–H and O–H groups in total. The summed E-state index contributed by atoms with van der Waals surface area (Å²) >= 11 is 6.01. The van der Waals surface area contributed by atoms with Crippen molar-refractivity contribution in [2.24, 2.45) is 0 Å². The molecule has 0 aliphatic carbocycles. The van der Waals surface area contributed by atoms with Crippen LogP contribution in [0.15, 0.2) is 24.4 Å². The van der Waals surface area contributed by atoms with E-state index in [1.165, 1.54) is 12.3 Å². The lowest BCUT2D eigenvalue weighted by molar-refractivity contribution is 0.0512. The number of halogens is 3. The number of hydrogen-bond acceptors (Lipinski definition) is 5. The fourth-order valence-electron chi connectivity index (χ4n) is 1.99. The molecule has 0 radical (unpaired) electrons. The average Bonchev–Trinajstić information content (AvgIpc) is 2.92. The molecule has 0 unspecified atom stereocenters. The van der Waals surface area contributed by atoms with Crippen LogP contribution < -0.4 is 0 Å². The molecule has 2 heterocycles. The number of esters is 1. The maximum atomic E-state index is 14.0. The van der Waals surface area contributed by atoms with Crippen LogP contribution in [0.5, 0.6) is 0 Å². The third-order valence-corrected chi connectivity index (χ3v) is 3.27. The minimum atomic E-state index is -0.831. The minimum absolute atomic E-state index is 0.0215. The smallest absolute Gasteiger partial charge is 0.376 e. The summed E-state index contributed by atoms with van der Waals surface area (Å²) in [4.78, 5) is 19.6. The highest BCUT2D eigenvalue weighted by Gasteiger charge is 2.19. The molecule has 0 aliphatic heterocycles. The van der Waals surface area contributed by atoms with E-state index in [2.05, 4.69) is 15.1 Å². The van der Waals surface area contributed by atoms with Crippen LogP contribution in [-0.2, 0) is 4.74 Å². The van der Waals surface area contributed by atoms with Crippen molar-refractivity contribution in [2.75, 3.05) is 6.61 Å². The highest BCUT2D eigenvalue weighted by molar-refractivity contribution is 6.34. The van der Waals surface area contributed by atoms with Crippen LogP contribution in [0.25, 0.3) is 16.7 Å². The van der Waals surface area contributed by atoms with Gasteiger partial charge in [-0.1, -0.05) is 11.6 Å². The molecule has 118 valence electrons. The Morgan fingerprint density at radius 3 is 2.83 bits per heavy atom. The second-order valence-corrected chi connectivity index (χ2v) is 4.81. The molecule has 0 aliphatic rings. The summed E-state index contributed by atoms with van der Waals surface area (Å²) in [5.74, 6) is -2.58. The van der Waals surface area contributed by atoms with Gasteiger partial charge in [-0.05, 0) is 19.1 Å². The van der Waals surface area contributed by atoms with E-state index >= 15 is 0 Å². The van der Waals surface area contributed by atoms with E-state index in [0.29, 0.717) is 5.39 Å². The Hall–Kier alpha value is -2.61. The zero-order valence-electron chi connectivity index (χ0n) is 11.8. The third-order valence-electron chi connectivity index (χ3n) is 2.98. The number of aromatic nitrogens is 4. The second-order valence-electron chi connectivity index (χ2n) is 4.45. The van der Waals surface area contributed by atoms with E-state index in [1.807, 2.05) is 0 Å². The zero-order chi connectivity index (χ0) is 16.6. The molecule has 3 aromatic rings. The average molecular weight is 339 g/mol. The van der Waals surface area contributed by atoms with Gasteiger partial charge in [0.05, 0.1) is 18.2 Å². The first-order valence-electron chi connectivity index (χ1n) is 6.55. The van der Waals surface area contributed by atoms with E-state index in [9.17, 15) is 13.6 Å². The maximum Gasteiger partial charge on any atom is 0.376 e. The number of carbonyl (C=O) groups excluding carboxylic acids is 1. The van der Waals surface area contributed by atoms with Crippen LogP contribution in [0.1, 0.15) is 17.5 Å². The number of carbonyl (C=O) groups is 1. The van der Waals surface area contributed by atoms with Gasteiger partial charge >= 0.3 is 5.97 Å². The molecule has 0 fully saturated rings. The van der Waals surface area contributed by atoms with Crippen molar-refractivity contribution in [1.29, 1.82) is 0 Å². The topological polar surface area (TPSA) is 69.9 Å². The fourth-order valence-corrected chi connectivity index (χ4v) is 2.20. The Bertz CT molecular complexity index is 913. The van der Waals surface area contributed by atoms with Crippen molar-refractivity contribution in [1.82, 2.24) is 19.7 Å². The van der Waals surface area contributed by atoms with E-state index in [1.54, 1.807) is 6.92 Å². The number of ether oxygens (including phenoxy) is 1. The van der Waals surface area contributed by atoms with Crippen LogP contribution in [0.2, 0.25) is 5.15 Å². The van der Waals surface area contributed by atoms with Gasteiger partial charge in [0.15, 0.2) is 11.5 Å². The van der Waals surface area contributed by atoms with E-state index < -0.39 is 17.6 Å². The first kappa shape index (κ1) is 15.3. The summed E-state index contributed by atoms with van der Waals surface area (Å²) in [6, 6.07) is 3.01. The monoisotopic (exact) mass is 338 g/mol. The number of hydrogen-bond donors (Lipinski definition) is 0. The van der Waals surface area contributed by atoms with Gasteiger partial charge in [-0.15, -0.1) is 0 Å². The molecule has 0 amide bonds. The Morgan fingerprint density at radius 1 is 1.35 bits per heavy atom. The van der Waals surface area contributed by atoms with E-state index in [-0.39, 0.29) is 28.9 Å². The minimum Gasteiger partial charge on any atom is -0.460 e. The molecule has 2 aromatic heterocycles. The van der Waals surface area contributed by atoms with Gasteiger partial charge in [0.1, 0.15) is 16.7 Å². The maximum absolute atomic E-state index is 14.0. The van der Waals surface area contributed by atoms with Crippen LogP contribution in [-0.4, -0.2) is 32.3 Å². The van der Waals surface area contributed by atoms with Crippen molar-refractivity contribution in [3.05, 3.63) is 47.0 Å². The summed E-state index contributed by atoms with van der Waals surface area (Å²) in [5.41, 5.74) is 0.0736. The van der Waals surface area contributed by atoms with Crippen molar-refractivity contribution >= 4 is 28.6 Å². The van der Waals surface area contributed by atoms with Gasteiger partial charge in [0.25, 0.3) is 0 Å². The lowest BCUT2D eigenvalue weighted by atomic mass is 10.3. The van der Waals surface area contributed by atoms with Gasteiger partial charge < -0.3 is 4.74 Å². The number of benzene rings is 1. The molecule has 0 saturated carbocycles. The quantitative estimate of drug-likeness (QED) is 0.542. The Labute approximate surface area is 133 Å². The highest BCUT2D eigenvalue weighted by atomic mass is 35.5. The molecule has 0 spiro atoms. The number of fused-ring (bicyclic) bond motifs is 1. The SMILES string of the molecule is CCOC(=O)c1nc(Cl)c2cnn(-c3ccc(F)cc3F)c2n1. The normalized spacial score (nSPS) is 11.0. The second kappa shape index (κ2) is 5.88. The fraction of sp³-hybridized carbons (Fsp3) is 0.143. The van der Waals surface area contributed by atoms with Gasteiger partial charge in [0.2, 0.25) is 5.82 Å². The molecule has 0 saturated heterocycles. The summed E-state index contributed by atoms with van der Waals surface area (Å²) in [5, 5.41) is 4.28. The summed E-state index contributed by atoms with van der Waals surface area (Å²) in [6.45, 7) is 1.78. The van der Waals surface area contributed by atoms with Gasteiger partial charge in [-0.25, -0.2) is 28.2 Å². The van der Waals surface area contributed by atoms with Crippen molar-refractivity contribution in [3.8, 4) is 5.69 Å². The molecule has 3 rings (SSSR count). The predicted molar refractivity (Wildman–Crippen MR) is 77.5 cm³/mol. The van der Waals surface area contributed by atoms with E-state index in [0.717, 1.165) is 16.8 Å². The lowest BCUT2D eigenvalue weighted by Gasteiger charge is -2.06. The van der Waals surface area contributed by atoms with Crippen molar-refractivity contribution in [3.63, 3.8) is 0 Å². The Balaban J connectivity index is 2.20. The first-order valence-corrected chi connectivity index (χ1v) is 6.93. The molecular weight excluding hydrogens is 330 g/mol. The zero-order valence-corrected chi connectivity index (χ0v) is 12.5. The highest BCUT2D eigenvalue weighted by Crippen LogP contribution is 2.24. The standard InChI is InChI=1S/C14H9ClF2N4O2/c1-2-23-14(22)12-19-11(15)8-6-18-21(13(8)20-12)10-4-3-7(16)5-9(10)17/h3-6H,2H2,1H3.